The average Bonchev–Trinajstić information content (AvgIpc) is 2.92. The maximum atomic E-state index is 12.1. The van der Waals surface area contributed by atoms with Crippen LogP contribution in [0.15, 0.2) is 57.4 Å². The van der Waals surface area contributed by atoms with Gasteiger partial charge in [0.1, 0.15) is 5.75 Å². The molecular weight excluding hydrogens is 364 g/mol. The smallest absolute Gasteiger partial charge is 0.275 e. The lowest BCUT2D eigenvalue weighted by atomic mass is 10.1. The predicted molar refractivity (Wildman–Crippen MR) is 92.7 cm³/mol. The number of aromatic hydroxyl groups is 1. The van der Waals surface area contributed by atoms with Crippen LogP contribution in [0.2, 0.25) is 0 Å². The molecule has 1 aromatic heterocycles. The Morgan fingerprint density at radius 3 is 2.59 bits per heavy atom. The van der Waals surface area contributed by atoms with E-state index in [1.54, 1.807) is 18.3 Å². The summed E-state index contributed by atoms with van der Waals surface area (Å²) in [6, 6.07) is 14.5. The fraction of sp³-hybridized carbons (Fsp3) is 0. The average molecular weight is 375 g/mol. The molecule has 110 valence electrons. The number of benzene rings is 2. The summed E-state index contributed by atoms with van der Waals surface area (Å²) in [5.41, 5.74) is 2.62. The molecule has 3 aromatic rings. The number of carbonyl (C=O) groups excluding carboxylic acids is 1. The zero-order valence-corrected chi connectivity index (χ0v) is 13.7. The number of hydrogen-bond acceptors (Lipinski definition) is 4. The predicted octanol–water partition coefficient (Wildman–Crippen LogP) is 4.13. The second-order valence-corrected chi connectivity index (χ2v) is 7.05. The van der Waals surface area contributed by atoms with Gasteiger partial charge < -0.3 is 5.11 Å². The molecular formula is C16H11BrN2O2S. The topological polar surface area (TPSA) is 61.7 Å². The highest BCUT2D eigenvalue weighted by molar-refractivity contribution is 9.11. The molecule has 0 atom stereocenters. The van der Waals surface area contributed by atoms with Crippen LogP contribution < -0.4 is 5.43 Å². The number of hydrazone groups is 1. The number of phenols is 1. The molecule has 2 N–H and O–H groups in total. The van der Waals surface area contributed by atoms with Gasteiger partial charge in [0.15, 0.2) is 0 Å². The van der Waals surface area contributed by atoms with Gasteiger partial charge in [-0.25, -0.2) is 5.43 Å². The number of halogens is 1. The van der Waals surface area contributed by atoms with Gasteiger partial charge in [-0.1, -0.05) is 24.3 Å². The largest absolute Gasteiger partial charge is 0.507 e. The van der Waals surface area contributed by atoms with Crippen molar-refractivity contribution >= 4 is 50.2 Å². The Bertz CT molecular complexity index is 873. The first kappa shape index (κ1) is 14.7. The Morgan fingerprint density at radius 2 is 1.91 bits per heavy atom. The normalized spacial score (nSPS) is 11.1. The van der Waals surface area contributed by atoms with Crippen LogP contribution in [-0.4, -0.2) is 17.2 Å². The zero-order chi connectivity index (χ0) is 15.5. The van der Waals surface area contributed by atoms with E-state index in [0.717, 1.165) is 19.4 Å². The standard InChI is InChI=1S/C16H11BrN2O2S/c17-15-6-5-12(22-15)9-18-19-16(21)13-7-10-3-1-2-4-11(10)8-14(13)20/h1-9,20H,(H,19,21)/b18-9-. The Labute approximate surface area is 139 Å². The minimum absolute atomic E-state index is 0.0646. The SMILES string of the molecule is O=C(N/N=C\c1ccc(Br)s1)c1cc2ccccc2cc1O. The first-order chi connectivity index (χ1) is 10.6. The second kappa shape index (κ2) is 6.29. The summed E-state index contributed by atoms with van der Waals surface area (Å²) < 4.78 is 0.993. The molecule has 0 fully saturated rings. The van der Waals surface area contributed by atoms with E-state index in [0.29, 0.717) is 0 Å². The number of phenolic OH excluding ortho intramolecular Hbond substituents is 1. The number of nitrogens with one attached hydrogen (secondary N) is 1. The van der Waals surface area contributed by atoms with Crippen molar-refractivity contribution in [3.63, 3.8) is 0 Å². The first-order valence-electron chi connectivity index (χ1n) is 6.44. The number of fused-ring (bicyclic) bond motifs is 1. The third kappa shape index (κ3) is 3.18. The van der Waals surface area contributed by atoms with E-state index in [-0.39, 0.29) is 11.3 Å². The van der Waals surface area contributed by atoms with E-state index >= 15 is 0 Å². The minimum atomic E-state index is -0.449. The van der Waals surface area contributed by atoms with E-state index in [1.165, 1.54) is 11.3 Å². The quantitative estimate of drug-likeness (QED) is 0.534. The highest BCUT2D eigenvalue weighted by Gasteiger charge is 2.11. The van der Waals surface area contributed by atoms with Crippen LogP contribution in [0.3, 0.4) is 0 Å². The molecule has 0 unspecified atom stereocenters. The molecule has 22 heavy (non-hydrogen) atoms. The van der Waals surface area contributed by atoms with Gasteiger partial charge in [0.25, 0.3) is 5.91 Å². The molecule has 0 bridgehead atoms. The Balaban J connectivity index is 1.80. The van der Waals surface area contributed by atoms with Crippen LogP contribution in [0.25, 0.3) is 10.8 Å². The van der Waals surface area contributed by atoms with Crippen molar-refractivity contribution in [1.29, 1.82) is 0 Å². The third-order valence-electron chi connectivity index (χ3n) is 3.06. The second-order valence-electron chi connectivity index (χ2n) is 4.56. The van der Waals surface area contributed by atoms with Crippen LogP contribution in [0.4, 0.5) is 0 Å². The van der Waals surface area contributed by atoms with Gasteiger partial charge in [0.05, 0.1) is 15.6 Å². The molecule has 0 radical (unpaired) electrons. The van der Waals surface area contributed by atoms with Gasteiger partial charge in [-0.2, -0.15) is 5.10 Å². The van der Waals surface area contributed by atoms with E-state index in [1.807, 2.05) is 36.4 Å². The van der Waals surface area contributed by atoms with Crippen LogP contribution >= 0.6 is 27.3 Å². The summed E-state index contributed by atoms with van der Waals surface area (Å²) in [5.74, 6) is -0.514. The molecule has 4 nitrogen and oxygen atoms in total. The minimum Gasteiger partial charge on any atom is -0.507 e. The Hall–Kier alpha value is -2.18. The van der Waals surface area contributed by atoms with Gasteiger partial charge in [-0.15, -0.1) is 11.3 Å². The third-order valence-corrected chi connectivity index (χ3v) is 4.62. The van der Waals surface area contributed by atoms with Crippen molar-refractivity contribution in [2.75, 3.05) is 0 Å². The fourth-order valence-electron chi connectivity index (χ4n) is 2.02. The summed E-state index contributed by atoms with van der Waals surface area (Å²) in [6.07, 6.45) is 1.56. The van der Waals surface area contributed by atoms with Crippen molar-refractivity contribution in [2.24, 2.45) is 5.10 Å². The lowest BCUT2D eigenvalue weighted by Gasteiger charge is -2.05. The number of carbonyl (C=O) groups is 1. The van der Waals surface area contributed by atoms with E-state index in [4.69, 9.17) is 0 Å². The first-order valence-corrected chi connectivity index (χ1v) is 8.05. The van der Waals surface area contributed by atoms with E-state index in [9.17, 15) is 9.90 Å². The maximum Gasteiger partial charge on any atom is 0.275 e. The Kier molecular flexibility index (Phi) is 4.22. The Morgan fingerprint density at radius 1 is 1.18 bits per heavy atom. The summed E-state index contributed by atoms with van der Waals surface area (Å²) in [4.78, 5) is 13.0. The van der Waals surface area contributed by atoms with Gasteiger partial charge in [0, 0.05) is 4.88 Å². The van der Waals surface area contributed by atoms with E-state index < -0.39 is 5.91 Å². The van der Waals surface area contributed by atoms with Crippen LogP contribution in [0.5, 0.6) is 5.75 Å². The molecule has 6 heteroatoms. The molecule has 0 aliphatic carbocycles. The number of thiophene rings is 1. The fourth-order valence-corrected chi connectivity index (χ4v) is 3.32. The maximum absolute atomic E-state index is 12.1. The van der Waals surface area contributed by atoms with Crippen molar-refractivity contribution in [3.8, 4) is 5.75 Å². The summed E-state index contributed by atoms with van der Waals surface area (Å²) in [6.45, 7) is 0. The molecule has 0 aliphatic rings. The summed E-state index contributed by atoms with van der Waals surface area (Å²) in [5, 5.41) is 15.7. The van der Waals surface area contributed by atoms with Gasteiger partial charge in [-0.3, -0.25) is 4.79 Å². The molecule has 0 spiro atoms. The number of amides is 1. The summed E-state index contributed by atoms with van der Waals surface area (Å²) in [7, 11) is 0. The van der Waals surface area contributed by atoms with Crippen molar-refractivity contribution in [3.05, 3.63) is 62.8 Å². The lowest BCUT2D eigenvalue weighted by Crippen LogP contribution is -2.17. The molecule has 1 amide bonds. The van der Waals surface area contributed by atoms with Crippen LogP contribution in [-0.2, 0) is 0 Å². The van der Waals surface area contributed by atoms with E-state index in [2.05, 4.69) is 26.5 Å². The monoisotopic (exact) mass is 374 g/mol. The van der Waals surface area contributed by atoms with Gasteiger partial charge in [0.2, 0.25) is 0 Å². The molecule has 0 saturated heterocycles. The van der Waals surface area contributed by atoms with Crippen molar-refractivity contribution in [1.82, 2.24) is 5.43 Å². The number of hydrogen-bond donors (Lipinski definition) is 2. The number of nitrogens with zero attached hydrogens (tertiary/aromatic N) is 1. The van der Waals surface area contributed by atoms with Crippen LogP contribution in [0.1, 0.15) is 15.2 Å². The van der Waals surface area contributed by atoms with Gasteiger partial charge >= 0.3 is 0 Å². The number of rotatable bonds is 3. The molecule has 1 heterocycles. The van der Waals surface area contributed by atoms with Crippen molar-refractivity contribution < 1.29 is 9.90 Å². The zero-order valence-electron chi connectivity index (χ0n) is 11.3. The highest BCUT2D eigenvalue weighted by atomic mass is 79.9. The van der Waals surface area contributed by atoms with Crippen LogP contribution in [0, 0.1) is 0 Å². The van der Waals surface area contributed by atoms with Gasteiger partial charge in [-0.05, 0) is 51.0 Å². The molecule has 0 saturated carbocycles. The summed E-state index contributed by atoms with van der Waals surface area (Å²) >= 11 is 4.87. The molecule has 3 rings (SSSR count). The molecule has 2 aromatic carbocycles. The van der Waals surface area contributed by atoms with Crippen molar-refractivity contribution in [2.45, 2.75) is 0 Å². The molecule has 0 aliphatic heterocycles. The highest BCUT2D eigenvalue weighted by Crippen LogP contribution is 2.25. The lowest BCUT2D eigenvalue weighted by molar-refractivity contribution is 0.0952.